The summed E-state index contributed by atoms with van der Waals surface area (Å²) in [5, 5.41) is 4.09. The monoisotopic (exact) mass is 1340 g/mol. The van der Waals surface area contributed by atoms with E-state index in [9.17, 15) is 0 Å². The van der Waals surface area contributed by atoms with Crippen molar-refractivity contribution in [1.82, 2.24) is 29.9 Å². The zero-order valence-electron chi connectivity index (χ0n) is 54.3. The molecule has 0 amide bonds. The molecule has 4 aliphatic rings. The van der Waals surface area contributed by atoms with Crippen molar-refractivity contribution in [2.24, 2.45) is 0 Å². The molecule has 4 aromatic heterocycles. The summed E-state index contributed by atoms with van der Waals surface area (Å²) in [5.74, 6) is 5.23. The van der Waals surface area contributed by atoms with Gasteiger partial charge in [0.2, 0.25) is 0 Å². The molecule has 0 saturated carbocycles. The molecule has 1 atom stereocenters. The molecule has 1 unspecified atom stereocenters. The summed E-state index contributed by atoms with van der Waals surface area (Å²) < 4.78 is 16.5. The van der Waals surface area contributed by atoms with Gasteiger partial charge in [-0.3, -0.25) is 0 Å². The zero-order chi connectivity index (χ0) is 66.8. The zero-order valence-corrected chi connectivity index (χ0v) is 56.0. The number of ether oxygens (including phenoxy) is 1. The number of aromatic nitrogens is 6. The van der Waals surface area contributed by atoms with E-state index in [1.165, 1.54) is 60.5 Å². The molecule has 0 bridgehead atoms. The molecule has 6 heterocycles. The second-order valence-corrected chi connectivity index (χ2v) is 28.7. The first kappa shape index (κ1) is 57.2. The van der Waals surface area contributed by atoms with Gasteiger partial charge in [-0.25, -0.2) is 29.9 Å². The number of nitrogens with zero attached hydrogens (tertiary/aromatic N) is 6. The van der Waals surface area contributed by atoms with Gasteiger partial charge in [-0.05, 0) is 103 Å². The van der Waals surface area contributed by atoms with Crippen LogP contribution >= 0.6 is 23.1 Å². The van der Waals surface area contributed by atoms with Crippen LogP contribution in [0.15, 0.2) is 330 Å². The quantitative estimate of drug-likeness (QED) is 0.154. The second-order valence-electron chi connectivity index (χ2n) is 26.5. The van der Waals surface area contributed by atoms with E-state index in [2.05, 4.69) is 255 Å². The lowest BCUT2D eigenvalue weighted by atomic mass is 9.66. The fraction of sp³-hybridized carbons (Fsp3) is 0.0217. The predicted molar refractivity (Wildman–Crippen MR) is 410 cm³/mol. The molecule has 18 aromatic rings. The first-order chi connectivity index (χ1) is 50.6. The topological polar surface area (TPSA) is 99.7 Å². The molecule has 102 heavy (non-hydrogen) atoms. The molecule has 2 aliphatic carbocycles. The van der Waals surface area contributed by atoms with Gasteiger partial charge in [0.25, 0.3) is 0 Å². The average Bonchev–Trinajstić information content (AvgIpc) is 1.52. The Balaban J connectivity index is 0.699. The molecule has 0 fully saturated rings. The van der Waals surface area contributed by atoms with Crippen molar-refractivity contribution in [3.63, 3.8) is 0 Å². The lowest BCUT2D eigenvalue weighted by molar-refractivity contribution is 0.442. The molecule has 8 nitrogen and oxygen atoms in total. The third-order valence-electron chi connectivity index (χ3n) is 21.4. The molecule has 10 heteroatoms. The Bertz CT molecular complexity index is 6490. The Morgan fingerprint density at radius 1 is 0.255 bits per heavy atom. The molecular weight excluding hydrogens is 1290 g/mol. The summed E-state index contributed by atoms with van der Waals surface area (Å²) in [5.41, 5.74) is 22.3. The number of thiophene rings is 1. The summed E-state index contributed by atoms with van der Waals surface area (Å²) in [6, 6.07) is 113. The number of benzene rings is 14. The minimum Gasteiger partial charge on any atom is -0.456 e. The second kappa shape index (κ2) is 21.9. The van der Waals surface area contributed by atoms with Crippen LogP contribution in [0.25, 0.3) is 144 Å². The third kappa shape index (κ3) is 8.04. The first-order valence-corrected chi connectivity index (χ1v) is 35.9. The number of fused-ring (bicyclic) bond motifs is 26. The van der Waals surface area contributed by atoms with Crippen molar-refractivity contribution in [2.45, 2.75) is 20.6 Å². The molecule has 474 valence electrons. The van der Waals surface area contributed by atoms with Crippen LogP contribution in [0.2, 0.25) is 0 Å². The minimum absolute atomic E-state index is 0.575. The van der Waals surface area contributed by atoms with E-state index in [0.29, 0.717) is 34.9 Å². The van der Waals surface area contributed by atoms with Crippen LogP contribution in [-0.4, -0.2) is 29.9 Å². The molecule has 0 saturated heterocycles. The Labute approximate surface area is 594 Å². The summed E-state index contributed by atoms with van der Waals surface area (Å²) in [4.78, 5) is 34.2. The fourth-order valence-electron chi connectivity index (χ4n) is 17.2. The van der Waals surface area contributed by atoms with Gasteiger partial charge in [0.05, 0.1) is 10.8 Å². The van der Waals surface area contributed by atoms with Crippen molar-refractivity contribution in [3.8, 4) is 113 Å². The molecule has 14 aromatic carbocycles. The van der Waals surface area contributed by atoms with Gasteiger partial charge in [-0.15, -0.1) is 11.3 Å². The maximum absolute atomic E-state index is 7.33. The van der Waals surface area contributed by atoms with Gasteiger partial charge < -0.3 is 9.15 Å². The summed E-state index contributed by atoms with van der Waals surface area (Å²) in [6.45, 7) is 0. The van der Waals surface area contributed by atoms with Crippen molar-refractivity contribution >= 4 is 65.2 Å². The predicted octanol–water partition coefficient (Wildman–Crippen LogP) is 23.3. The largest absolute Gasteiger partial charge is 0.456 e. The van der Waals surface area contributed by atoms with Crippen molar-refractivity contribution in [2.75, 3.05) is 0 Å². The molecule has 0 radical (unpaired) electrons. The summed E-state index contributed by atoms with van der Waals surface area (Å²) >= 11 is 3.58. The number of para-hydroxylation sites is 1. The molecule has 22 rings (SSSR count). The van der Waals surface area contributed by atoms with Gasteiger partial charge in [0, 0.05) is 85.2 Å². The average molecular weight is 1340 g/mol. The van der Waals surface area contributed by atoms with Crippen LogP contribution in [0.1, 0.15) is 44.5 Å². The maximum Gasteiger partial charge on any atom is 0.164 e. The van der Waals surface area contributed by atoms with Gasteiger partial charge in [0.1, 0.15) is 22.7 Å². The molecule has 0 N–H and O–H groups in total. The highest BCUT2D eigenvalue weighted by atomic mass is 32.2. The van der Waals surface area contributed by atoms with Crippen molar-refractivity contribution in [3.05, 3.63) is 360 Å². The van der Waals surface area contributed by atoms with Crippen LogP contribution in [-0.2, 0) is 10.8 Å². The van der Waals surface area contributed by atoms with Gasteiger partial charge in [-0.2, -0.15) is 0 Å². The highest BCUT2D eigenvalue weighted by molar-refractivity contribution is 7.99. The first-order valence-electron chi connectivity index (χ1n) is 34.3. The van der Waals surface area contributed by atoms with Crippen LogP contribution in [0.3, 0.4) is 0 Å². The third-order valence-corrected chi connectivity index (χ3v) is 23.7. The summed E-state index contributed by atoms with van der Waals surface area (Å²) in [6.07, 6.45) is 0. The van der Waals surface area contributed by atoms with Crippen LogP contribution in [0.4, 0.5) is 0 Å². The number of furan rings is 1. The normalized spacial score (nSPS) is 14.6. The standard InChI is InChI=1S/C92H52N6O2S2/c1-4-23-54(24-5-1)85-93-86(55-25-6-2-7-26-55)96-89(95-85)62-33-21-42-73-79(62)81-74(99-73)51-49-71-84(81)102-75-43-19-17-39-68(75)92(71)66-37-15-12-31-61(66)78-58(32-20-40-69(78)92)53-45-47-57(48-46-53)88-94-87(56-27-8-3-9-28-56)97-90(98-88)63-34-22-44-76-80(63)82-77(101-76)52-50-70-83(82)100-72-41-18-16-38-67(72)91(70)64-35-13-10-29-59(64)60-30-11-14-36-65(60)91/h1-52H. The molecular formula is C92H52N6O2S2. The Morgan fingerprint density at radius 2 is 0.696 bits per heavy atom. The van der Waals surface area contributed by atoms with Crippen LogP contribution in [0, 0.1) is 0 Å². The van der Waals surface area contributed by atoms with Gasteiger partial charge in [0.15, 0.2) is 34.9 Å². The van der Waals surface area contributed by atoms with Gasteiger partial charge >= 0.3 is 0 Å². The Kier molecular flexibility index (Phi) is 12.3. The molecule has 2 aliphatic heterocycles. The maximum atomic E-state index is 7.33. The minimum atomic E-state index is -0.712. The lowest BCUT2D eigenvalue weighted by Crippen LogP contribution is -2.32. The van der Waals surface area contributed by atoms with E-state index in [4.69, 9.17) is 39.1 Å². The van der Waals surface area contributed by atoms with E-state index in [1.807, 2.05) is 72.4 Å². The van der Waals surface area contributed by atoms with E-state index in [-0.39, 0.29) is 0 Å². The number of rotatable bonds is 7. The van der Waals surface area contributed by atoms with E-state index >= 15 is 0 Å². The Hall–Kier alpha value is -12.7. The van der Waals surface area contributed by atoms with Crippen molar-refractivity contribution < 1.29 is 9.15 Å². The fourth-order valence-corrected chi connectivity index (χ4v) is 19.7. The SMILES string of the molecule is c1ccc(-c2nc(-c3ccccc3)nc(-c3cccc4oc5ccc6c(c5c34)Sc3ccccc3C63c4ccccc4-c4c(-c5ccc(-c6nc(-c7ccccc7)nc(-c7cccc8sc9ccc%10c(c9c78)Oc7ccccc7C%107c8ccccc8-c8ccccc87)n6)cc5)cccc43)n2)cc1. The summed E-state index contributed by atoms with van der Waals surface area (Å²) in [7, 11) is 0. The highest BCUT2D eigenvalue weighted by Gasteiger charge is 2.53. The number of hydrogen-bond acceptors (Lipinski definition) is 10. The van der Waals surface area contributed by atoms with Crippen molar-refractivity contribution in [1.29, 1.82) is 0 Å². The van der Waals surface area contributed by atoms with Crippen LogP contribution in [0.5, 0.6) is 11.5 Å². The van der Waals surface area contributed by atoms with E-state index in [1.54, 1.807) is 11.3 Å². The highest BCUT2D eigenvalue weighted by Crippen LogP contribution is 2.67. The Morgan fingerprint density at radius 3 is 1.34 bits per heavy atom. The smallest absolute Gasteiger partial charge is 0.164 e. The lowest BCUT2D eigenvalue weighted by Gasteiger charge is -2.40. The van der Waals surface area contributed by atoms with E-state index < -0.39 is 10.8 Å². The van der Waals surface area contributed by atoms with E-state index in [0.717, 1.165) is 114 Å². The number of hydrogen-bond donors (Lipinski definition) is 0. The molecule has 2 spiro atoms. The van der Waals surface area contributed by atoms with Crippen LogP contribution < -0.4 is 4.74 Å². The van der Waals surface area contributed by atoms with Gasteiger partial charge in [-0.1, -0.05) is 291 Å².